The highest BCUT2D eigenvalue weighted by Gasteiger charge is 2.14. The van der Waals surface area contributed by atoms with Crippen LogP contribution in [0.4, 0.5) is 5.69 Å². The highest BCUT2D eigenvalue weighted by molar-refractivity contribution is 6.02. The number of hydrogen-bond acceptors (Lipinski definition) is 6. The van der Waals surface area contributed by atoms with E-state index in [2.05, 4.69) is 15.0 Å². The number of benzene rings is 1. The van der Waals surface area contributed by atoms with E-state index < -0.39 is 24.5 Å². The number of hydrogen-bond donors (Lipinski definition) is 1. The predicted molar refractivity (Wildman–Crippen MR) is 80.9 cm³/mol. The first-order valence-corrected chi connectivity index (χ1v) is 6.66. The van der Waals surface area contributed by atoms with Crippen LogP contribution in [0.2, 0.25) is 0 Å². The number of para-hydroxylation sites is 1. The van der Waals surface area contributed by atoms with E-state index in [1.165, 1.54) is 37.7 Å². The lowest BCUT2D eigenvalue weighted by molar-refractivity contribution is -0.119. The summed E-state index contributed by atoms with van der Waals surface area (Å²) in [5, 5.41) is 2.50. The molecule has 0 atom stereocenters. The first-order valence-electron chi connectivity index (χ1n) is 6.66. The largest absolute Gasteiger partial charge is 0.465 e. The SMILES string of the molecule is COC(=O)c1ccccc1NC(=O)COC(=O)c1ccncc1. The van der Waals surface area contributed by atoms with Crippen LogP contribution in [0, 0.1) is 0 Å². The van der Waals surface area contributed by atoms with Crippen molar-refractivity contribution in [2.24, 2.45) is 0 Å². The Labute approximate surface area is 132 Å². The van der Waals surface area contributed by atoms with E-state index in [1.54, 1.807) is 18.2 Å². The summed E-state index contributed by atoms with van der Waals surface area (Å²) in [4.78, 5) is 39.0. The molecule has 0 fully saturated rings. The van der Waals surface area contributed by atoms with Crippen LogP contribution in [0.1, 0.15) is 20.7 Å². The van der Waals surface area contributed by atoms with Crippen molar-refractivity contribution >= 4 is 23.5 Å². The number of rotatable bonds is 5. The number of nitrogens with zero attached hydrogens (tertiary/aromatic N) is 1. The maximum atomic E-state index is 11.9. The average molecular weight is 314 g/mol. The molecule has 7 heteroatoms. The highest BCUT2D eigenvalue weighted by atomic mass is 16.5. The van der Waals surface area contributed by atoms with Crippen LogP contribution in [0.5, 0.6) is 0 Å². The van der Waals surface area contributed by atoms with Gasteiger partial charge in [0.25, 0.3) is 5.91 Å². The van der Waals surface area contributed by atoms with Gasteiger partial charge in [-0.05, 0) is 24.3 Å². The molecule has 7 nitrogen and oxygen atoms in total. The molecule has 1 aromatic carbocycles. The van der Waals surface area contributed by atoms with Crippen molar-refractivity contribution in [2.75, 3.05) is 19.0 Å². The Morgan fingerprint density at radius 2 is 1.74 bits per heavy atom. The van der Waals surface area contributed by atoms with Crippen LogP contribution in [0.25, 0.3) is 0 Å². The summed E-state index contributed by atoms with van der Waals surface area (Å²) in [5.41, 5.74) is 0.788. The van der Waals surface area contributed by atoms with Gasteiger partial charge in [-0.1, -0.05) is 12.1 Å². The maximum absolute atomic E-state index is 11.9. The fraction of sp³-hybridized carbons (Fsp3) is 0.125. The van der Waals surface area contributed by atoms with Gasteiger partial charge in [-0.3, -0.25) is 9.78 Å². The quantitative estimate of drug-likeness (QED) is 0.844. The summed E-state index contributed by atoms with van der Waals surface area (Å²) >= 11 is 0. The lowest BCUT2D eigenvalue weighted by atomic mass is 10.2. The number of carbonyl (C=O) groups is 3. The van der Waals surface area contributed by atoms with E-state index in [1.807, 2.05) is 0 Å². The third kappa shape index (κ3) is 4.37. The Morgan fingerprint density at radius 3 is 2.43 bits per heavy atom. The van der Waals surface area contributed by atoms with E-state index in [4.69, 9.17) is 4.74 Å². The molecule has 118 valence electrons. The standard InChI is InChI=1S/C16H14N2O5/c1-22-16(21)12-4-2-3-5-13(12)18-14(19)10-23-15(20)11-6-8-17-9-7-11/h2-9H,10H2,1H3,(H,18,19). The second-order valence-electron chi connectivity index (χ2n) is 4.40. The third-order valence-electron chi connectivity index (χ3n) is 2.86. The Kier molecular flexibility index (Phi) is 5.40. The van der Waals surface area contributed by atoms with Gasteiger partial charge in [-0.2, -0.15) is 0 Å². The highest BCUT2D eigenvalue weighted by Crippen LogP contribution is 2.15. The minimum atomic E-state index is -0.635. The number of ether oxygens (including phenoxy) is 2. The molecule has 23 heavy (non-hydrogen) atoms. The fourth-order valence-electron chi connectivity index (χ4n) is 1.77. The van der Waals surface area contributed by atoms with Crippen LogP contribution < -0.4 is 5.32 Å². The molecule has 1 heterocycles. The third-order valence-corrected chi connectivity index (χ3v) is 2.86. The minimum absolute atomic E-state index is 0.212. The van der Waals surface area contributed by atoms with Crippen LogP contribution >= 0.6 is 0 Å². The van der Waals surface area contributed by atoms with Crippen molar-refractivity contribution in [3.05, 3.63) is 59.9 Å². The fourth-order valence-corrected chi connectivity index (χ4v) is 1.77. The normalized spacial score (nSPS) is 9.78. The van der Waals surface area contributed by atoms with Gasteiger partial charge >= 0.3 is 11.9 Å². The zero-order valence-electron chi connectivity index (χ0n) is 12.3. The molecule has 0 spiro atoms. The molecule has 0 saturated heterocycles. The van der Waals surface area contributed by atoms with Gasteiger partial charge in [0.2, 0.25) is 0 Å². The Bertz CT molecular complexity index is 715. The molecule has 0 unspecified atom stereocenters. The topological polar surface area (TPSA) is 94.6 Å². The second kappa shape index (κ2) is 7.69. The molecule has 2 rings (SSSR count). The number of anilines is 1. The number of aromatic nitrogens is 1. The average Bonchev–Trinajstić information content (AvgIpc) is 2.60. The van der Waals surface area contributed by atoms with E-state index in [9.17, 15) is 14.4 Å². The maximum Gasteiger partial charge on any atom is 0.339 e. The van der Waals surface area contributed by atoms with Crippen molar-refractivity contribution in [2.45, 2.75) is 0 Å². The minimum Gasteiger partial charge on any atom is -0.465 e. The number of pyridine rings is 1. The van der Waals surface area contributed by atoms with Gasteiger partial charge in [0.1, 0.15) is 0 Å². The Hall–Kier alpha value is -3.22. The zero-order chi connectivity index (χ0) is 16.7. The molecule has 0 saturated carbocycles. The molecule has 1 amide bonds. The van der Waals surface area contributed by atoms with Crippen LogP contribution in [-0.4, -0.2) is 36.5 Å². The number of esters is 2. The summed E-state index contributed by atoms with van der Waals surface area (Å²) in [7, 11) is 1.25. The van der Waals surface area contributed by atoms with Gasteiger partial charge < -0.3 is 14.8 Å². The van der Waals surface area contributed by atoms with E-state index in [-0.39, 0.29) is 11.3 Å². The molecule has 2 aromatic rings. The monoisotopic (exact) mass is 314 g/mol. The van der Waals surface area contributed by atoms with Crippen molar-refractivity contribution in [1.29, 1.82) is 0 Å². The van der Waals surface area contributed by atoms with E-state index in [0.717, 1.165) is 0 Å². The Balaban J connectivity index is 1.96. The van der Waals surface area contributed by atoms with Gasteiger partial charge in [0.05, 0.1) is 23.9 Å². The number of nitrogens with one attached hydrogen (secondary N) is 1. The summed E-state index contributed by atoms with van der Waals surface area (Å²) in [6, 6.07) is 9.33. The van der Waals surface area contributed by atoms with Gasteiger partial charge in [-0.15, -0.1) is 0 Å². The predicted octanol–water partition coefficient (Wildman–Crippen LogP) is 1.66. The van der Waals surface area contributed by atoms with Crippen LogP contribution in [0.15, 0.2) is 48.8 Å². The second-order valence-corrected chi connectivity index (χ2v) is 4.40. The molecule has 0 aliphatic heterocycles. The van der Waals surface area contributed by atoms with Crippen molar-refractivity contribution in [1.82, 2.24) is 4.98 Å². The van der Waals surface area contributed by atoms with E-state index in [0.29, 0.717) is 5.56 Å². The summed E-state index contributed by atoms with van der Waals surface area (Å²) in [6.45, 7) is -0.476. The smallest absolute Gasteiger partial charge is 0.339 e. The van der Waals surface area contributed by atoms with Crippen LogP contribution in [-0.2, 0) is 14.3 Å². The Morgan fingerprint density at radius 1 is 1.04 bits per heavy atom. The van der Waals surface area contributed by atoms with Crippen molar-refractivity contribution in [3.63, 3.8) is 0 Å². The number of amides is 1. The van der Waals surface area contributed by atoms with Crippen molar-refractivity contribution in [3.8, 4) is 0 Å². The molecule has 1 aromatic heterocycles. The molecule has 0 radical (unpaired) electrons. The lowest BCUT2D eigenvalue weighted by Gasteiger charge is -2.10. The number of carbonyl (C=O) groups excluding carboxylic acids is 3. The summed E-state index contributed by atoms with van der Waals surface area (Å²) in [6.07, 6.45) is 2.90. The van der Waals surface area contributed by atoms with Gasteiger partial charge in [0.15, 0.2) is 6.61 Å². The molecule has 1 N–H and O–H groups in total. The molecule has 0 aliphatic carbocycles. The first-order chi connectivity index (χ1) is 11.1. The number of methoxy groups -OCH3 is 1. The van der Waals surface area contributed by atoms with Crippen molar-refractivity contribution < 1.29 is 23.9 Å². The summed E-state index contributed by atoms with van der Waals surface area (Å²) < 4.78 is 9.53. The lowest BCUT2D eigenvalue weighted by Crippen LogP contribution is -2.22. The first kappa shape index (κ1) is 16.2. The molecule has 0 aliphatic rings. The van der Waals surface area contributed by atoms with Gasteiger partial charge in [-0.25, -0.2) is 9.59 Å². The molecular weight excluding hydrogens is 300 g/mol. The molecular formula is C16H14N2O5. The van der Waals surface area contributed by atoms with E-state index >= 15 is 0 Å². The zero-order valence-corrected chi connectivity index (χ0v) is 12.3. The van der Waals surface area contributed by atoms with Gasteiger partial charge in [0, 0.05) is 12.4 Å². The van der Waals surface area contributed by atoms with Crippen LogP contribution in [0.3, 0.4) is 0 Å². The molecule has 0 bridgehead atoms. The summed E-state index contributed by atoms with van der Waals surface area (Å²) in [5.74, 6) is -1.78.